The quantitative estimate of drug-likeness (QED) is 0.594. The molecule has 1 aromatic rings. The third-order valence-corrected chi connectivity index (χ3v) is 3.61. The summed E-state index contributed by atoms with van der Waals surface area (Å²) in [5.74, 6) is -1.06. The van der Waals surface area contributed by atoms with E-state index in [9.17, 15) is 4.39 Å². The molecule has 0 amide bonds. The van der Waals surface area contributed by atoms with Gasteiger partial charge in [-0.3, -0.25) is 4.90 Å². The molecule has 1 aromatic carbocycles. The van der Waals surface area contributed by atoms with Gasteiger partial charge in [0.05, 0.1) is 6.04 Å². The average molecular weight is 253 g/mol. The van der Waals surface area contributed by atoms with Crippen molar-refractivity contribution in [2.24, 2.45) is 0 Å². The minimum Gasteiger partial charge on any atom is -0.348 e. The van der Waals surface area contributed by atoms with Gasteiger partial charge < -0.3 is 9.47 Å². The second-order valence-electron chi connectivity index (χ2n) is 4.89. The summed E-state index contributed by atoms with van der Waals surface area (Å²) < 4.78 is 24.3. The lowest BCUT2D eigenvalue weighted by Crippen LogP contribution is -2.39. The van der Waals surface area contributed by atoms with Crippen LogP contribution in [-0.4, -0.2) is 37.7 Å². The van der Waals surface area contributed by atoms with Crippen LogP contribution in [0.1, 0.15) is 19.4 Å². The van der Waals surface area contributed by atoms with Crippen LogP contribution in [0, 0.1) is 5.82 Å². The van der Waals surface area contributed by atoms with E-state index >= 15 is 0 Å². The molecule has 2 rings (SSSR count). The molecule has 0 saturated carbocycles. The Morgan fingerprint density at radius 3 is 2.17 bits per heavy atom. The lowest BCUT2D eigenvalue weighted by atomic mass is 10.0. The second kappa shape index (κ2) is 4.96. The Bertz CT molecular complexity index is 401. The molecule has 2 atom stereocenters. The van der Waals surface area contributed by atoms with Gasteiger partial charge in [-0.05, 0) is 26.0 Å². The van der Waals surface area contributed by atoms with Crippen molar-refractivity contribution in [3.8, 4) is 0 Å². The Morgan fingerprint density at radius 1 is 1.22 bits per heavy atom. The number of hydrogen-bond donors (Lipinski definition) is 0. The van der Waals surface area contributed by atoms with Crippen LogP contribution in [0.25, 0.3) is 0 Å². The topological polar surface area (TPSA) is 21.5 Å². The van der Waals surface area contributed by atoms with E-state index < -0.39 is 5.79 Å². The number of rotatable bonds is 5. The minimum atomic E-state index is -0.808. The zero-order valence-corrected chi connectivity index (χ0v) is 11.3. The van der Waals surface area contributed by atoms with Crippen molar-refractivity contribution in [3.05, 3.63) is 35.6 Å². The maximum Gasteiger partial charge on any atom is 0.211 e. The van der Waals surface area contributed by atoms with E-state index in [-0.39, 0.29) is 11.9 Å². The van der Waals surface area contributed by atoms with Crippen LogP contribution in [0.4, 0.5) is 4.39 Å². The zero-order chi connectivity index (χ0) is 13.3. The summed E-state index contributed by atoms with van der Waals surface area (Å²) in [6, 6.07) is 6.94. The molecule has 4 heteroatoms. The molecule has 3 nitrogen and oxygen atoms in total. The van der Waals surface area contributed by atoms with Crippen LogP contribution in [0.3, 0.4) is 0 Å². The normalized spacial score (nSPS) is 23.4. The summed E-state index contributed by atoms with van der Waals surface area (Å²) in [7, 11) is 3.26. The van der Waals surface area contributed by atoms with Crippen LogP contribution in [0.2, 0.25) is 0 Å². The highest BCUT2D eigenvalue weighted by molar-refractivity contribution is 5.26. The fraction of sp³-hybridized carbons (Fsp3) is 0.571. The van der Waals surface area contributed by atoms with Gasteiger partial charge in [0.1, 0.15) is 5.82 Å². The molecule has 1 fully saturated rings. The lowest BCUT2D eigenvalue weighted by Gasteiger charge is -2.32. The highest BCUT2D eigenvalue weighted by Crippen LogP contribution is 2.41. The summed E-state index contributed by atoms with van der Waals surface area (Å²) in [5.41, 5.74) is 0.849. The van der Waals surface area contributed by atoms with Crippen molar-refractivity contribution >= 4 is 0 Å². The molecule has 0 N–H and O–H groups in total. The Morgan fingerprint density at radius 2 is 1.78 bits per heavy atom. The first-order chi connectivity index (χ1) is 8.55. The minimum absolute atomic E-state index is 0.179. The Hall–Kier alpha value is -0.970. The van der Waals surface area contributed by atoms with Crippen molar-refractivity contribution in [1.82, 2.24) is 4.90 Å². The van der Waals surface area contributed by atoms with E-state index in [1.807, 2.05) is 0 Å². The van der Waals surface area contributed by atoms with Crippen molar-refractivity contribution in [2.75, 3.05) is 20.8 Å². The average Bonchev–Trinajstić information content (AvgIpc) is 3.14. The predicted molar refractivity (Wildman–Crippen MR) is 67.7 cm³/mol. The molecule has 0 bridgehead atoms. The largest absolute Gasteiger partial charge is 0.348 e. The Kier molecular flexibility index (Phi) is 3.71. The van der Waals surface area contributed by atoms with Gasteiger partial charge in [-0.1, -0.05) is 12.1 Å². The molecule has 0 aliphatic carbocycles. The summed E-state index contributed by atoms with van der Waals surface area (Å²) >= 11 is 0. The van der Waals surface area contributed by atoms with Gasteiger partial charge in [-0.15, -0.1) is 0 Å². The Labute approximate surface area is 107 Å². The van der Waals surface area contributed by atoms with E-state index in [0.717, 1.165) is 12.1 Å². The molecular formula is C14H20FNO2. The number of halogens is 1. The molecule has 0 aromatic heterocycles. The second-order valence-corrected chi connectivity index (χ2v) is 4.89. The predicted octanol–water partition coefficient (Wildman–Crippen LogP) is 2.36. The molecule has 1 saturated heterocycles. The van der Waals surface area contributed by atoms with Gasteiger partial charge in [-0.2, -0.15) is 0 Å². The van der Waals surface area contributed by atoms with Gasteiger partial charge in [-0.25, -0.2) is 4.39 Å². The van der Waals surface area contributed by atoms with Crippen molar-refractivity contribution in [2.45, 2.75) is 31.7 Å². The van der Waals surface area contributed by atoms with Crippen LogP contribution < -0.4 is 0 Å². The van der Waals surface area contributed by atoms with Crippen molar-refractivity contribution < 1.29 is 13.9 Å². The van der Waals surface area contributed by atoms with Crippen molar-refractivity contribution in [1.29, 1.82) is 0 Å². The number of nitrogens with zero attached hydrogens (tertiary/aromatic N) is 1. The summed E-state index contributed by atoms with van der Waals surface area (Å²) in [6.45, 7) is 5.21. The highest BCUT2D eigenvalue weighted by atomic mass is 19.1. The molecule has 1 aliphatic rings. The van der Waals surface area contributed by atoms with Crippen LogP contribution in [0.15, 0.2) is 24.3 Å². The molecule has 100 valence electrons. The van der Waals surface area contributed by atoms with Gasteiger partial charge in [0.15, 0.2) is 0 Å². The van der Waals surface area contributed by atoms with E-state index in [2.05, 4.69) is 18.7 Å². The van der Waals surface area contributed by atoms with Crippen molar-refractivity contribution in [3.63, 3.8) is 0 Å². The van der Waals surface area contributed by atoms with E-state index in [4.69, 9.17) is 9.47 Å². The SMILES string of the molecule is COC(OC)(c1ccc(F)cc1)C1CN1C(C)C. The van der Waals surface area contributed by atoms with Crippen LogP contribution in [-0.2, 0) is 15.3 Å². The van der Waals surface area contributed by atoms with Gasteiger partial charge in [0, 0.05) is 32.4 Å². The monoisotopic (exact) mass is 253 g/mol. The molecule has 0 spiro atoms. The number of ether oxygens (including phenoxy) is 2. The maximum absolute atomic E-state index is 13.0. The zero-order valence-electron chi connectivity index (χ0n) is 11.3. The molecule has 0 radical (unpaired) electrons. The molecule has 18 heavy (non-hydrogen) atoms. The summed E-state index contributed by atoms with van der Waals surface area (Å²) in [5, 5.41) is 0. The summed E-state index contributed by atoms with van der Waals surface area (Å²) in [4.78, 5) is 2.29. The van der Waals surface area contributed by atoms with Gasteiger partial charge in [0.25, 0.3) is 0 Å². The van der Waals surface area contributed by atoms with Gasteiger partial charge >= 0.3 is 0 Å². The van der Waals surface area contributed by atoms with Crippen LogP contribution >= 0.6 is 0 Å². The first-order valence-electron chi connectivity index (χ1n) is 6.17. The van der Waals surface area contributed by atoms with Crippen LogP contribution in [0.5, 0.6) is 0 Å². The summed E-state index contributed by atoms with van der Waals surface area (Å²) in [6.07, 6.45) is 0. The molecular weight excluding hydrogens is 233 g/mol. The lowest BCUT2D eigenvalue weighted by molar-refractivity contribution is -0.221. The highest BCUT2D eigenvalue weighted by Gasteiger charge is 2.54. The first kappa shape index (κ1) is 13.5. The first-order valence-corrected chi connectivity index (χ1v) is 6.17. The smallest absolute Gasteiger partial charge is 0.211 e. The fourth-order valence-electron chi connectivity index (χ4n) is 2.53. The van der Waals surface area contributed by atoms with Gasteiger partial charge in [0.2, 0.25) is 5.79 Å². The number of hydrogen-bond acceptors (Lipinski definition) is 3. The standard InChI is InChI=1S/C14H20FNO2/c1-10(2)16-9-13(16)14(17-3,18-4)11-5-7-12(15)8-6-11/h5-8,10,13H,9H2,1-4H3. The van der Waals surface area contributed by atoms with E-state index in [1.165, 1.54) is 12.1 Å². The maximum atomic E-state index is 13.0. The molecule has 1 aliphatic heterocycles. The molecule has 2 unspecified atom stereocenters. The Balaban J connectivity index is 2.30. The number of methoxy groups -OCH3 is 2. The number of benzene rings is 1. The van der Waals surface area contributed by atoms with E-state index in [0.29, 0.717) is 6.04 Å². The molecule has 1 heterocycles. The third-order valence-electron chi connectivity index (χ3n) is 3.61. The third kappa shape index (κ3) is 2.16. The van der Waals surface area contributed by atoms with E-state index in [1.54, 1.807) is 26.4 Å². The fourth-order valence-corrected chi connectivity index (χ4v) is 2.53.